The van der Waals surface area contributed by atoms with E-state index in [0.29, 0.717) is 17.4 Å². The van der Waals surface area contributed by atoms with Crippen molar-refractivity contribution in [2.24, 2.45) is 0 Å². The summed E-state index contributed by atoms with van der Waals surface area (Å²) in [6.07, 6.45) is 1.99. The number of carbonyl (C=O) groups excluding carboxylic acids is 1. The minimum absolute atomic E-state index is 0.310. The van der Waals surface area contributed by atoms with Crippen LogP contribution in [0.3, 0.4) is 0 Å². The molecule has 0 radical (unpaired) electrons. The van der Waals surface area contributed by atoms with Gasteiger partial charge >= 0.3 is 6.03 Å². The van der Waals surface area contributed by atoms with Crippen molar-refractivity contribution in [1.82, 2.24) is 10.1 Å². The van der Waals surface area contributed by atoms with E-state index < -0.39 is 0 Å². The third-order valence-electron chi connectivity index (χ3n) is 3.23. The number of aryl methyl sites for hydroxylation is 1. The van der Waals surface area contributed by atoms with E-state index in [9.17, 15) is 4.79 Å². The average Bonchev–Trinajstić information content (AvgIpc) is 3.02. The van der Waals surface area contributed by atoms with Crippen LogP contribution in [0.4, 0.5) is 16.2 Å². The second-order valence-corrected chi connectivity index (χ2v) is 5.91. The van der Waals surface area contributed by atoms with Gasteiger partial charge in [0.2, 0.25) is 11.7 Å². The molecule has 1 heterocycles. The van der Waals surface area contributed by atoms with Gasteiger partial charge in [-0.15, -0.1) is 11.8 Å². The molecule has 122 valence electrons. The molecule has 0 aliphatic heterocycles. The standard InChI is InChI=1S/C17H16N4O2S/c1-11-18-16(21-23-11)12-5-3-6-13(9-12)19-17(22)20-14-7-4-8-15(10-14)24-2/h3-10H,1-2H3,(H2,19,20,22). The summed E-state index contributed by atoms with van der Waals surface area (Å²) in [6.45, 7) is 1.73. The van der Waals surface area contributed by atoms with E-state index in [1.165, 1.54) is 0 Å². The summed E-state index contributed by atoms with van der Waals surface area (Å²) in [5, 5.41) is 9.49. The molecule has 1 aromatic heterocycles. The fraction of sp³-hybridized carbons (Fsp3) is 0.118. The van der Waals surface area contributed by atoms with Gasteiger partial charge in [0.1, 0.15) is 0 Å². The van der Waals surface area contributed by atoms with Gasteiger partial charge in [-0.3, -0.25) is 0 Å². The minimum atomic E-state index is -0.310. The van der Waals surface area contributed by atoms with Crippen LogP contribution in [0, 0.1) is 6.92 Å². The maximum atomic E-state index is 12.2. The average molecular weight is 340 g/mol. The number of nitrogens with one attached hydrogen (secondary N) is 2. The quantitative estimate of drug-likeness (QED) is 0.688. The molecule has 0 bridgehead atoms. The molecule has 2 amide bonds. The van der Waals surface area contributed by atoms with Crippen molar-refractivity contribution < 1.29 is 9.32 Å². The second kappa shape index (κ2) is 7.18. The highest BCUT2D eigenvalue weighted by molar-refractivity contribution is 7.98. The number of hydrogen-bond acceptors (Lipinski definition) is 5. The van der Waals surface area contributed by atoms with Crippen LogP contribution in [0.25, 0.3) is 11.4 Å². The Labute approximate surface area is 143 Å². The molecule has 0 saturated heterocycles. The molecule has 24 heavy (non-hydrogen) atoms. The van der Waals surface area contributed by atoms with Crippen molar-refractivity contribution in [2.45, 2.75) is 11.8 Å². The van der Waals surface area contributed by atoms with Gasteiger partial charge in [-0.05, 0) is 36.6 Å². The summed E-state index contributed by atoms with van der Waals surface area (Å²) in [6, 6.07) is 14.6. The van der Waals surface area contributed by atoms with Crippen LogP contribution < -0.4 is 10.6 Å². The Morgan fingerprint density at radius 3 is 2.46 bits per heavy atom. The van der Waals surface area contributed by atoms with Crippen molar-refractivity contribution >= 4 is 29.2 Å². The van der Waals surface area contributed by atoms with Crippen LogP contribution >= 0.6 is 11.8 Å². The third-order valence-corrected chi connectivity index (χ3v) is 3.96. The molecule has 0 aliphatic carbocycles. The highest BCUT2D eigenvalue weighted by Crippen LogP contribution is 2.21. The zero-order chi connectivity index (χ0) is 16.9. The number of thioether (sulfide) groups is 1. The van der Waals surface area contributed by atoms with E-state index in [0.717, 1.165) is 16.1 Å². The maximum absolute atomic E-state index is 12.2. The molecule has 0 spiro atoms. The highest BCUT2D eigenvalue weighted by Gasteiger charge is 2.08. The number of benzene rings is 2. The maximum Gasteiger partial charge on any atom is 0.323 e. The van der Waals surface area contributed by atoms with Crippen molar-refractivity contribution in [3.63, 3.8) is 0 Å². The van der Waals surface area contributed by atoms with Gasteiger partial charge in [0, 0.05) is 28.8 Å². The Balaban J connectivity index is 1.70. The summed E-state index contributed by atoms with van der Waals surface area (Å²) in [4.78, 5) is 17.4. The van der Waals surface area contributed by atoms with Crippen molar-refractivity contribution in [3.8, 4) is 11.4 Å². The number of urea groups is 1. The van der Waals surface area contributed by atoms with Gasteiger partial charge in [-0.2, -0.15) is 4.98 Å². The molecule has 0 unspecified atom stereocenters. The molecule has 0 fully saturated rings. The van der Waals surface area contributed by atoms with Gasteiger partial charge in [-0.1, -0.05) is 23.4 Å². The van der Waals surface area contributed by atoms with Gasteiger partial charge < -0.3 is 15.2 Å². The van der Waals surface area contributed by atoms with E-state index >= 15 is 0 Å². The lowest BCUT2D eigenvalue weighted by atomic mass is 10.2. The lowest BCUT2D eigenvalue weighted by molar-refractivity contribution is 0.262. The number of anilines is 2. The van der Waals surface area contributed by atoms with Crippen LogP contribution in [0.15, 0.2) is 57.9 Å². The highest BCUT2D eigenvalue weighted by atomic mass is 32.2. The monoisotopic (exact) mass is 340 g/mol. The molecule has 2 N–H and O–H groups in total. The number of aromatic nitrogens is 2. The molecule has 0 aliphatic rings. The van der Waals surface area contributed by atoms with Crippen LogP contribution in [-0.4, -0.2) is 22.4 Å². The zero-order valence-electron chi connectivity index (χ0n) is 13.2. The van der Waals surface area contributed by atoms with Crippen molar-refractivity contribution in [2.75, 3.05) is 16.9 Å². The van der Waals surface area contributed by atoms with E-state index in [1.54, 1.807) is 30.8 Å². The Morgan fingerprint density at radius 2 is 1.79 bits per heavy atom. The fourth-order valence-corrected chi connectivity index (χ4v) is 2.61. The largest absolute Gasteiger partial charge is 0.339 e. The summed E-state index contributed by atoms with van der Waals surface area (Å²) in [5.41, 5.74) is 2.16. The lowest BCUT2D eigenvalue weighted by Crippen LogP contribution is -2.19. The molecular weight excluding hydrogens is 324 g/mol. The summed E-state index contributed by atoms with van der Waals surface area (Å²) >= 11 is 1.62. The number of hydrogen-bond donors (Lipinski definition) is 2. The summed E-state index contributed by atoms with van der Waals surface area (Å²) in [7, 11) is 0. The Hall–Kier alpha value is -2.80. The molecule has 2 aromatic carbocycles. The van der Waals surface area contributed by atoms with Crippen LogP contribution in [-0.2, 0) is 0 Å². The first-order valence-electron chi connectivity index (χ1n) is 7.27. The topological polar surface area (TPSA) is 80.0 Å². The van der Waals surface area contributed by atoms with E-state index in [2.05, 4.69) is 20.8 Å². The van der Waals surface area contributed by atoms with Gasteiger partial charge in [0.15, 0.2) is 0 Å². The molecular formula is C17H16N4O2S. The number of carbonyl (C=O) groups is 1. The van der Waals surface area contributed by atoms with Gasteiger partial charge in [-0.25, -0.2) is 4.79 Å². The first-order valence-corrected chi connectivity index (χ1v) is 8.49. The van der Waals surface area contributed by atoms with Gasteiger partial charge in [0.25, 0.3) is 0 Å². The fourth-order valence-electron chi connectivity index (χ4n) is 2.15. The van der Waals surface area contributed by atoms with Crippen molar-refractivity contribution in [3.05, 3.63) is 54.4 Å². The van der Waals surface area contributed by atoms with Crippen LogP contribution in [0.1, 0.15) is 5.89 Å². The van der Waals surface area contributed by atoms with E-state index in [4.69, 9.17) is 4.52 Å². The normalized spacial score (nSPS) is 10.4. The summed E-state index contributed by atoms with van der Waals surface area (Å²) < 4.78 is 4.98. The first kappa shape index (κ1) is 16.1. The molecule has 0 atom stereocenters. The predicted octanol–water partition coefficient (Wildman–Crippen LogP) is 4.41. The minimum Gasteiger partial charge on any atom is -0.339 e. The first-order chi connectivity index (χ1) is 11.6. The van der Waals surface area contributed by atoms with E-state index in [1.807, 2.05) is 42.7 Å². The molecule has 6 nitrogen and oxygen atoms in total. The van der Waals surface area contributed by atoms with Crippen molar-refractivity contribution in [1.29, 1.82) is 0 Å². The number of amides is 2. The second-order valence-electron chi connectivity index (χ2n) is 5.03. The Bertz CT molecular complexity index is 863. The third kappa shape index (κ3) is 3.94. The Morgan fingerprint density at radius 1 is 1.08 bits per heavy atom. The SMILES string of the molecule is CSc1cccc(NC(=O)Nc2cccc(-c3noc(C)n3)c2)c1. The van der Waals surface area contributed by atoms with Gasteiger partial charge in [0.05, 0.1) is 0 Å². The van der Waals surface area contributed by atoms with Crippen LogP contribution in [0.2, 0.25) is 0 Å². The van der Waals surface area contributed by atoms with Crippen LogP contribution in [0.5, 0.6) is 0 Å². The number of rotatable bonds is 4. The molecule has 7 heteroatoms. The Kier molecular flexibility index (Phi) is 4.81. The lowest BCUT2D eigenvalue weighted by Gasteiger charge is -2.09. The van der Waals surface area contributed by atoms with E-state index in [-0.39, 0.29) is 6.03 Å². The molecule has 3 aromatic rings. The predicted molar refractivity (Wildman–Crippen MR) is 95.3 cm³/mol. The zero-order valence-corrected chi connectivity index (χ0v) is 14.1. The molecule has 3 rings (SSSR count). The summed E-state index contributed by atoms with van der Waals surface area (Å²) in [5.74, 6) is 0.985. The molecule has 0 saturated carbocycles. The smallest absolute Gasteiger partial charge is 0.323 e. The number of nitrogens with zero attached hydrogens (tertiary/aromatic N) is 2.